The second-order valence-corrected chi connectivity index (χ2v) is 9.06. The van der Waals surface area contributed by atoms with Crippen molar-refractivity contribution < 1.29 is 14.3 Å². The van der Waals surface area contributed by atoms with Crippen molar-refractivity contribution in [3.63, 3.8) is 0 Å². The number of rotatable bonds is 8. The molecule has 0 amide bonds. The van der Waals surface area contributed by atoms with E-state index in [0.717, 1.165) is 53.6 Å². The van der Waals surface area contributed by atoms with Crippen LogP contribution in [0.5, 0.6) is 11.5 Å². The molecule has 0 N–H and O–H groups in total. The third-order valence-electron chi connectivity index (χ3n) is 6.85. The Labute approximate surface area is 211 Å². The minimum atomic E-state index is 0.271. The molecule has 4 aromatic rings. The van der Waals surface area contributed by atoms with E-state index in [4.69, 9.17) is 9.47 Å². The van der Waals surface area contributed by atoms with Gasteiger partial charge in [0, 0.05) is 6.07 Å². The molecule has 0 aromatic heterocycles. The third-order valence-corrected chi connectivity index (χ3v) is 6.85. The fraction of sp³-hybridized carbons (Fsp3) is 0.188. The monoisotopic (exact) mass is 473 g/mol. The summed E-state index contributed by atoms with van der Waals surface area (Å²) in [7, 11) is 0. The molecule has 0 saturated heterocycles. The smallest absolute Gasteiger partial charge is 0.154 e. The number of hydrogen-bond donors (Lipinski definition) is 0. The quantitative estimate of drug-likeness (QED) is 0.259. The van der Waals surface area contributed by atoms with Crippen molar-refractivity contribution in [3.05, 3.63) is 118 Å². The molecule has 0 aliphatic heterocycles. The lowest BCUT2D eigenvalue weighted by atomic mass is 9.97. The van der Waals surface area contributed by atoms with Crippen LogP contribution in [-0.4, -0.2) is 6.29 Å². The van der Waals surface area contributed by atoms with Gasteiger partial charge in [-0.05, 0) is 77.3 Å². The molecule has 1 aliphatic carbocycles. The lowest BCUT2D eigenvalue weighted by Crippen LogP contribution is -2.06. The molecule has 0 fully saturated rings. The summed E-state index contributed by atoms with van der Waals surface area (Å²) < 4.78 is 12.5. The van der Waals surface area contributed by atoms with E-state index in [2.05, 4.69) is 43.3 Å². The average molecular weight is 474 g/mol. The Morgan fingerprint density at radius 2 is 1.64 bits per heavy atom. The maximum atomic E-state index is 12.0. The third kappa shape index (κ3) is 4.74. The Balaban J connectivity index is 1.42. The summed E-state index contributed by atoms with van der Waals surface area (Å²) in [6, 6.07) is 28.0. The van der Waals surface area contributed by atoms with Crippen molar-refractivity contribution in [2.24, 2.45) is 0 Å². The van der Waals surface area contributed by atoms with Crippen molar-refractivity contribution in [3.8, 4) is 28.7 Å². The molecule has 1 aliphatic rings. The van der Waals surface area contributed by atoms with Gasteiger partial charge >= 0.3 is 0 Å². The number of carbonyl (C=O) groups excluding carboxylic acids is 1. The molecule has 36 heavy (non-hydrogen) atoms. The average Bonchev–Trinajstić information content (AvgIpc) is 3.42. The minimum Gasteiger partial charge on any atom is -0.488 e. The number of nitrogens with zero attached hydrogens (tertiary/aromatic N) is 1. The number of ether oxygens (including phenoxy) is 2. The van der Waals surface area contributed by atoms with Gasteiger partial charge in [-0.1, -0.05) is 60.7 Å². The summed E-state index contributed by atoms with van der Waals surface area (Å²) in [5.41, 5.74) is 8.89. The molecule has 178 valence electrons. The van der Waals surface area contributed by atoms with Gasteiger partial charge in [-0.25, -0.2) is 0 Å². The number of benzene rings is 4. The van der Waals surface area contributed by atoms with E-state index in [1.165, 1.54) is 16.7 Å². The van der Waals surface area contributed by atoms with E-state index in [1.54, 1.807) is 12.1 Å². The van der Waals surface area contributed by atoms with Crippen LogP contribution in [0.2, 0.25) is 0 Å². The molecular formula is C32H27NO3. The molecule has 0 heterocycles. The molecule has 0 unspecified atom stereocenters. The van der Waals surface area contributed by atoms with Gasteiger partial charge in [0.15, 0.2) is 6.29 Å². The maximum Gasteiger partial charge on any atom is 0.154 e. The lowest BCUT2D eigenvalue weighted by molar-refractivity contribution is 0.111. The highest BCUT2D eigenvalue weighted by Crippen LogP contribution is 2.39. The highest BCUT2D eigenvalue weighted by atomic mass is 16.5. The Hall–Kier alpha value is -4.36. The van der Waals surface area contributed by atoms with E-state index in [1.807, 2.05) is 36.4 Å². The lowest BCUT2D eigenvalue weighted by Gasteiger charge is -2.18. The van der Waals surface area contributed by atoms with Crippen LogP contribution in [0, 0.1) is 18.3 Å². The second kappa shape index (κ2) is 10.5. The minimum absolute atomic E-state index is 0.271. The number of carbonyl (C=O) groups is 1. The molecule has 0 spiro atoms. The van der Waals surface area contributed by atoms with Gasteiger partial charge in [0.2, 0.25) is 0 Å². The number of fused-ring (bicyclic) bond motifs is 1. The number of hydrogen-bond acceptors (Lipinski definition) is 4. The van der Waals surface area contributed by atoms with Crippen LogP contribution in [0.4, 0.5) is 0 Å². The Morgan fingerprint density at radius 3 is 2.44 bits per heavy atom. The van der Waals surface area contributed by atoms with Crippen molar-refractivity contribution >= 4 is 6.29 Å². The molecule has 4 aromatic carbocycles. The SMILES string of the molecule is Cc1c(COc2cc(OCc3cccc(C#N)c3)c(C=O)c3c2CCC3)cccc1-c1ccccc1. The first kappa shape index (κ1) is 23.4. The molecule has 0 atom stereocenters. The van der Waals surface area contributed by atoms with Crippen molar-refractivity contribution in [2.75, 3.05) is 0 Å². The molecule has 5 rings (SSSR count). The highest BCUT2D eigenvalue weighted by molar-refractivity contribution is 5.84. The zero-order valence-corrected chi connectivity index (χ0v) is 20.3. The van der Waals surface area contributed by atoms with Gasteiger partial charge in [-0.2, -0.15) is 5.26 Å². The van der Waals surface area contributed by atoms with Gasteiger partial charge < -0.3 is 9.47 Å². The summed E-state index contributed by atoms with van der Waals surface area (Å²) in [5.74, 6) is 1.30. The van der Waals surface area contributed by atoms with Crippen LogP contribution in [0.15, 0.2) is 78.9 Å². The van der Waals surface area contributed by atoms with Crippen LogP contribution in [0.1, 0.15) is 50.2 Å². The van der Waals surface area contributed by atoms with Gasteiger partial charge in [-0.15, -0.1) is 0 Å². The van der Waals surface area contributed by atoms with Crippen molar-refractivity contribution in [2.45, 2.75) is 39.4 Å². The summed E-state index contributed by atoms with van der Waals surface area (Å²) in [6.45, 7) is 2.83. The first-order valence-electron chi connectivity index (χ1n) is 12.2. The molecule has 4 nitrogen and oxygen atoms in total. The predicted octanol–water partition coefficient (Wildman–Crippen LogP) is 6.99. The Kier molecular flexibility index (Phi) is 6.82. The maximum absolute atomic E-state index is 12.0. The largest absolute Gasteiger partial charge is 0.488 e. The zero-order valence-electron chi connectivity index (χ0n) is 20.3. The highest BCUT2D eigenvalue weighted by Gasteiger charge is 2.24. The summed E-state index contributed by atoms with van der Waals surface area (Å²) in [6.07, 6.45) is 3.60. The van der Waals surface area contributed by atoms with Crippen LogP contribution >= 0.6 is 0 Å². The Bertz CT molecular complexity index is 1450. The standard InChI is InChI=1S/C32H27NO3/c1-22-26(12-6-13-27(22)25-10-3-2-4-11-25)21-36-31-17-32(30(19-34)28-14-7-15-29(28)31)35-20-24-9-5-8-23(16-24)18-33/h2-6,8-13,16-17,19H,7,14-15,20-21H2,1H3. The van der Waals surface area contributed by atoms with Crippen LogP contribution in [-0.2, 0) is 26.1 Å². The van der Waals surface area contributed by atoms with Gasteiger partial charge in [0.25, 0.3) is 0 Å². The fourth-order valence-corrected chi connectivity index (χ4v) is 4.94. The van der Waals surface area contributed by atoms with Gasteiger partial charge in [0.05, 0.1) is 17.2 Å². The topological polar surface area (TPSA) is 59.3 Å². The number of nitriles is 1. The molecule has 0 radical (unpaired) electrons. The van der Waals surface area contributed by atoms with Gasteiger partial charge in [0.1, 0.15) is 24.7 Å². The summed E-state index contributed by atoms with van der Waals surface area (Å²) >= 11 is 0. The van der Waals surface area contributed by atoms with Crippen molar-refractivity contribution in [1.29, 1.82) is 5.26 Å². The van der Waals surface area contributed by atoms with E-state index in [0.29, 0.717) is 23.5 Å². The molecule has 0 saturated carbocycles. The van der Waals surface area contributed by atoms with Crippen molar-refractivity contribution in [1.82, 2.24) is 0 Å². The second-order valence-electron chi connectivity index (χ2n) is 9.06. The molecule has 4 heteroatoms. The van der Waals surface area contributed by atoms with Crippen LogP contribution < -0.4 is 9.47 Å². The molecule has 0 bridgehead atoms. The van der Waals surface area contributed by atoms with Crippen LogP contribution in [0.3, 0.4) is 0 Å². The first-order valence-corrected chi connectivity index (χ1v) is 12.2. The van der Waals surface area contributed by atoms with E-state index in [-0.39, 0.29) is 6.61 Å². The molecular weight excluding hydrogens is 446 g/mol. The van der Waals surface area contributed by atoms with E-state index < -0.39 is 0 Å². The number of aldehydes is 1. The first-order chi connectivity index (χ1) is 17.7. The summed E-state index contributed by atoms with van der Waals surface area (Å²) in [4.78, 5) is 12.0. The van der Waals surface area contributed by atoms with E-state index >= 15 is 0 Å². The normalized spacial score (nSPS) is 12.0. The van der Waals surface area contributed by atoms with Gasteiger partial charge in [-0.3, -0.25) is 4.79 Å². The van der Waals surface area contributed by atoms with E-state index in [9.17, 15) is 10.1 Å². The fourth-order valence-electron chi connectivity index (χ4n) is 4.94. The predicted molar refractivity (Wildman–Crippen MR) is 140 cm³/mol. The Morgan fingerprint density at radius 1 is 0.861 bits per heavy atom. The van der Waals surface area contributed by atoms with Crippen LogP contribution in [0.25, 0.3) is 11.1 Å². The summed E-state index contributed by atoms with van der Waals surface area (Å²) in [5, 5.41) is 9.17. The zero-order chi connectivity index (χ0) is 24.9.